The van der Waals surface area contributed by atoms with Crippen molar-refractivity contribution in [2.24, 2.45) is 11.8 Å². The van der Waals surface area contributed by atoms with Gasteiger partial charge in [-0.25, -0.2) is 0 Å². The van der Waals surface area contributed by atoms with E-state index in [2.05, 4.69) is 6.07 Å². The summed E-state index contributed by atoms with van der Waals surface area (Å²) in [6.45, 7) is 0.737. The Morgan fingerprint density at radius 3 is 2.40 bits per heavy atom. The van der Waals surface area contributed by atoms with E-state index < -0.39 is 5.41 Å². The predicted octanol–water partition coefficient (Wildman–Crippen LogP) is 4.71. The number of carbonyl (C=O) groups is 2. The van der Waals surface area contributed by atoms with Crippen LogP contribution in [0, 0.1) is 11.8 Å². The minimum Gasteiger partial charge on any atom is -0.325 e. The standard InChI is InChI=1S/C24H26N2O3S/c1-25-21-5-3-2-4-20(21)24(23(25)28)13-10-16(11-14-24)19-12-15-26(22(19)27)17-6-8-18(30-29)9-7-17/h2-9,16,19,29H,10-15H2,1H3/t16?,19-,24?/m1/s1. The highest BCUT2D eigenvalue weighted by Crippen LogP contribution is 2.52. The van der Waals surface area contributed by atoms with E-state index in [0.717, 1.165) is 60.5 Å². The smallest absolute Gasteiger partial charge is 0.237 e. The number of rotatable bonds is 3. The first-order valence-corrected chi connectivity index (χ1v) is 11.4. The molecule has 1 spiro atoms. The van der Waals surface area contributed by atoms with E-state index in [1.54, 1.807) is 0 Å². The Bertz CT molecular complexity index is 982. The van der Waals surface area contributed by atoms with Gasteiger partial charge in [0.25, 0.3) is 0 Å². The van der Waals surface area contributed by atoms with Gasteiger partial charge in [0.2, 0.25) is 11.8 Å². The molecule has 1 atom stereocenters. The normalized spacial score (nSPS) is 28.5. The molecule has 0 radical (unpaired) electrons. The summed E-state index contributed by atoms with van der Waals surface area (Å²) >= 11 is 0.714. The maximum absolute atomic E-state index is 13.2. The van der Waals surface area contributed by atoms with Crippen molar-refractivity contribution in [1.82, 2.24) is 0 Å². The maximum atomic E-state index is 13.2. The van der Waals surface area contributed by atoms with Crippen molar-refractivity contribution in [2.45, 2.75) is 42.4 Å². The summed E-state index contributed by atoms with van der Waals surface area (Å²) in [5.74, 6) is 0.795. The first-order valence-electron chi connectivity index (χ1n) is 10.7. The van der Waals surface area contributed by atoms with Crippen molar-refractivity contribution in [2.75, 3.05) is 23.4 Å². The lowest BCUT2D eigenvalue weighted by molar-refractivity contribution is -0.125. The molecule has 1 aliphatic carbocycles. The van der Waals surface area contributed by atoms with Gasteiger partial charge in [0.1, 0.15) is 0 Å². The van der Waals surface area contributed by atoms with Gasteiger partial charge in [-0.15, -0.1) is 0 Å². The Morgan fingerprint density at radius 2 is 1.70 bits per heavy atom. The van der Waals surface area contributed by atoms with Crippen LogP contribution in [0.3, 0.4) is 0 Å². The molecule has 2 amide bonds. The number of fused-ring (bicyclic) bond motifs is 2. The molecule has 0 unspecified atom stereocenters. The number of carbonyl (C=O) groups excluding carboxylic acids is 2. The number of hydrogen-bond acceptors (Lipinski definition) is 4. The van der Waals surface area contributed by atoms with E-state index >= 15 is 0 Å². The first-order chi connectivity index (χ1) is 14.5. The summed E-state index contributed by atoms with van der Waals surface area (Å²) in [7, 11) is 1.88. The minimum absolute atomic E-state index is 0.0405. The molecule has 6 heteroatoms. The third-order valence-corrected chi connectivity index (χ3v) is 7.93. The van der Waals surface area contributed by atoms with E-state index in [0.29, 0.717) is 18.0 Å². The van der Waals surface area contributed by atoms with Crippen molar-refractivity contribution in [1.29, 1.82) is 0 Å². The third kappa shape index (κ3) is 2.88. The number of benzene rings is 2. The fraction of sp³-hybridized carbons (Fsp3) is 0.417. The summed E-state index contributed by atoms with van der Waals surface area (Å²) in [5, 5.41) is 0. The molecule has 1 saturated heterocycles. The molecule has 30 heavy (non-hydrogen) atoms. The molecular formula is C24H26N2O3S. The highest BCUT2D eigenvalue weighted by atomic mass is 32.2. The van der Waals surface area contributed by atoms with Crippen molar-refractivity contribution in [3.8, 4) is 0 Å². The Hall–Kier alpha value is -2.31. The molecule has 2 aromatic rings. The van der Waals surface area contributed by atoms with Crippen LogP contribution >= 0.6 is 12.0 Å². The molecular weight excluding hydrogens is 396 g/mol. The molecule has 2 heterocycles. The molecule has 156 valence electrons. The molecule has 5 rings (SSSR count). The van der Waals surface area contributed by atoms with Gasteiger partial charge in [-0.05, 0) is 73.9 Å². The second-order valence-corrected chi connectivity index (χ2v) is 9.43. The van der Waals surface area contributed by atoms with Gasteiger partial charge in [0, 0.05) is 47.8 Å². The van der Waals surface area contributed by atoms with Crippen molar-refractivity contribution < 1.29 is 14.1 Å². The molecule has 2 aromatic carbocycles. The largest absolute Gasteiger partial charge is 0.325 e. The van der Waals surface area contributed by atoms with E-state index in [4.69, 9.17) is 4.55 Å². The van der Waals surface area contributed by atoms with Crippen LogP contribution in [-0.2, 0) is 15.0 Å². The van der Waals surface area contributed by atoms with Gasteiger partial charge < -0.3 is 14.4 Å². The number of nitrogens with zero attached hydrogens (tertiary/aromatic N) is 2. The molecule has 2 fully saturated rings. The number of anilines is 2. The van der Waals surface area contributed by atoms with Crippen LogP contribution < -0.4 is 9.80 Å². The van der Waals surface area contributed by atoms with Gasteiger partial charge in [0.15, 0.2) is 0 Å². The zero-order valence-electron chi connectivity index (χ0n) is 17.1. The van der Waals surface area contributed by atoms with Crippen LogP contribution in [0.25, 0.3) is 0 Å². The van der Waals surface area contributed by atoms with Crippen LogP contribution in [0.5, 0.6) is 0 Å². The fourth-order valence-corrected chi connectivity index (χ4v) is 6.08. The second kappa shape index (κ2) is 7.43. The van der Waals surface area contributed by atoms with E-state index in [9.17, 15) is 9.59 Å². The Morgan fingerprint density at radius 1 is 1.00 bits per heavy atom. The minimum atomic E-state index is -0.402. The lowest BCUT2D eigenvalue weighted by Crippen LogP contribution is -2.43. The van der Waals surface area contributed by atoms with E-state index in [1.807, 2.05) is 59.3 Å². The van der Waals surface area contributed by atoms with Crippen LogP contribution in [0.4, 0.5) is 11.4 Å². The fourth-order valence-electron chi connectivity index (χ4n) is 5.82. The van der Waals surface area contributed by atoms with Gasteiger partial charge in [-0.2, -0.15) is 0 Å². The average Bonchev–Trinajstić information content (AvgIpc) is 3.27. The molecule has 3 aliphatic rings. The lowest BCUT2D eigenvalue weighted by Gasteiger charge is -2.38. The highest BCUT2D eigenvalue weighted by molar-refractivity contribution is 7.93. The molecule has 1 saturated carbocycles. The topological polar surface area (TPSA) is 60.9 Å². The summed E-state index contributed by atoms with van der Waals surface area (Å²) in [6, 6.07) is 15.6. The molecule has 1 N–H and O–H groups in total. The number of likely N-dealkylation sites (N-methyl/N-ethyl adjacent to an activating group) is 1. The maximum Gasteiger partial charge on any atom is 0.237 e. The monoisotopic (exact) mass is 422 g/mol. The number of hydrogen-bond donors (Lipinski definition) is 1. The first kappa shape index (κ1) is 19.6. The molecule has 2 aliphatic heterocycles. The average molecular weight is 423 g/mol. The van der Waals surface area contributed by atoms with Gasteiger partial charge in [0.05, 0.1) is 5.41 Å². The molecule has 0 bridgehead atoms. The van der Waals surface area contributed by atoms with Crippen LogP contribution in [0.2, 0.25) is 0 Å². The van der Waals surface area contributed by atoms with Gasteiger partial charge in [-0.3, -0.25) is 9.59 Å². The Labute approximate surface area is 181 Å². The third-order valence-electron chi connectivity index (χ3n) is 7.45. The summed E-state index contributed by atoms with van der Waals surface area (Å²) in [4.78, 5) is 30.8. The number of amides is 2. The quantitative estimate of drug-likeness (QED) is 0.728. The van der Waals surface area contributed by atoms with Crippen LogP contribution in [-0.4, -0.2) is 30.0 Å². The predicted molar refractivity (Wildman–Crippen MR) is 119 cm³/mol. The van der Waals surface area contributed by atoms with Crippen molar-refractivity contribution in [3.05, 3.63) is 54.1 Å². The Balaban J connectivity index is 1.31. The molecule has 0 aromatic heterocycles. The summed E-state index contributed by atoms with van der Waals surface area (Å²) < 4.78 is 9.15. The number of para-hydroxylation sites is 1. The van der Waals surface area contributed by atoms with Crippen LogP contribution in [0.1, 0.15) is 37.7 Å². The highest BCUT2D eigenvalue weighted by Gasteiger charge is 2.52. The van der Waals surface area contributed by atoms with E-state index in [-0.39, 0.29) is 17.7 Å². The second-order valence-electron chi connectivity index (χ2n) is 8.77. The lowest BCUT2D eigenvalue weighted by atomic mass is 9.64. The summed E-state index contributed by atoms with van der Waals surface area (Å²) in [6.07, 6.45) is 4.35. The van der Waals surface area contributed by atoms with Crippen molar-refractivity contribution in [3.63, 3.8) is 0 Å². The zero-order valence-corrected chi connectivity index (χ0v) is 17.9. The van der Waals surface area contributed by atoms with Crippen molar-refractivity contribution >= 4 is 35.2 Å². The van der Waals surface area contributed by atoms with Crippen LogP contribution in [0.15, 0.2) is 53.4 Å². The van der Waals surface area contributed by atoms with Gasteiger partial charge in [-0.1, -0.05) is 18.2 Å². The Kier molecular flexibility index (Phi) is 4.86. The van der Waals surface area contributed by atoms with Gasteiger partial charge >= 0.3 is 0 Å². The SMILES string of the molecule is CN1C(=O)C2(CCC([C@H]3CCN(c4ccc(SO)cc4)C3=O)CC2)c2ccccc21. The van der Waals surface area contributed by atoms with E-state index in [1.165, 1.54) is 0 Å². The zero-order chi connectivity index (χ0) is 20.9. The summed E-state index contributed by atoms with van der Waals surface area (Å²) in [5.41, 5.74) is 2.70. The molecule has 5 nitrogen and oxygen atoms in total.